The van der Waals surface area contributed by atoms with Gasteiger partial charge in [0.25, 0.3) is 0 Å². The maximum Gasteiger partial charge on any atom is 0.244 e. The van der Waals surface area contributed by atoms with Gasteiger partial charge in [-0.15, -0.1) is 11.3 Å². The normalized spacial score (nSPS) is 13.3. The van der Waals surface area contributed by atoms with Crippen molar-refractivity contribution in [2.75, 3.05) is 52.6 Å². The molecule has 0 unspecified atom stereocenters. The Kier molecular flexibility index (Phi) is 16.8. The predicted octanol–water partition coefficient (Wildman–Crippen LogP) is 3.39. The van der Waals surface area contributed by atoms with Crippen LogP contribution in [0.25, 0.3) is 0 Å². The number of hydroxylamine groups is 1. The van der Waals surface area contributed by atoms with E-state index in [-0.39, 0.29) is 36.6 Å². The fraction of sp³-hybridized carbons (Fsp3) is 0.731. The second kappa shape index (κ2) is 18.6. The van der Waals surface area contributed by atoms with Gasteiger partial charge in [-0.2, -0.15) is 0 Å². The molecule has 3 N–H and O–H groups in total. The molecule has 38 heavy (non-hydrogen) atoms. The molecular formula is C26H45N3O7S2. The van der Waals surface area contributed by atoms with Gasteiger partial charge < -0.3 is 24.4 Å². The van der Waals surface area contributed by atoms with Crippen LogP contribution in [0.5, 0.6) is 0 Å². The van der Waals surface area contributed by atoms with Crippen molar-refractivity contribution >= 4 is 40.8 Å². The minimum atomic E-state index is -0.785. The average Bonchev–Trinajstić information content (AvgIpc) is 3.37. The van der Waals surface area contributed by atoms with E-state index in [2.05, 4.69) is 5.32 Å². The van der Waals surface area contributed by atoms with Crippen molar-refractivity contribution in [2.24, 2.45) is 17.3 Å². The molecule has 2 atom stereocenters. The number of carbonyl (C=O) groups excluding carboxylic acids is 3. The summed E-state index contributed by atoms with van der Waals surface area (Å²) in [4.78, 5) is 41.1. The van der Waals surface area contributed by atoms with Crippen molar-refractivity contribution in [2.45, 2.75) is 57.7 Å². The topological polar surface area (TPSA) is 126 Å². The van der Waals surface area contributed by atoms with Crippen LogP contribution in [0, 0.1) is 17.3 Å². The number of methoxy groups -OCH3 is 1. The molecule has 10 nitrogen and oxygen atoms in total. The second-order valence-corrected chi connectivity index (χ2v) is 12.5. The molecule has 1 heterocycles. The molecule has 1 aromatic rings. The molecule has 12 heteroatoms. The van der Waals surface area contributed by atoms with Crippen molar-refractivity contribution in [1.82, 2.24) is 15.7 Å². The smallest absolute Gasteiger partial charge is 0.244 e. The Bertz CT molecular complexity index is 816. The first-order valence-corrected chi connectivity index (χ1v) is 14.7. The van der Waals surface area contributed by atoms with Gasteiger partial charge >= 0.3 is 0 Å². The van der Waals surface area contributed by atoms with Gasteiger partial charge in [0, 0.05) is 26.0 Å². The molecule has 0 saturated carbocycles. The minimum absolute atomic E-state index is 0.139. The van der Waals surface area contributed by atoms with Crippen molar-refractivity contribution in [3.05, 3.63) is 17.5 Å². The van der Waals surface area contributed by atoms with Crippen molar-refractivity contribution < 1.29 is 33.8 Å². The number of hydrogen-bond acceptors (Lipinski definition) is 9. The lowest BCUT2D eigenvalue weighted by Crippen LogP contribution is -2.57. The molecule has 0 spiro atoms. The Hall–Kier alpha value is -1.70. The number of thioether (sulfide) groups is 1. The highest BCUT2D eigenvalue weighted by molar-refractivity contribution is 8.01. The molecular weight excluding hydrogens is 530 g/mol. The van der Waals surface area contributed by atoms with Crippen LogP contribution in [-0.2, 0) is 28.6 Å². The zero-order valence-electron chi connectivity index (χ0n) is 23.5. The van der Waals surface area contributed by atoms with E-state index in [0.717, 1.165) is 4.21 Å². The molecule has 0 radical (unpaired) electrons. The number of nitrogens with one attached hydrogen (secondary N) is 2. The lowest BCUT2D eigenvalue weighted by Gasteiger charge is -2.40. The van der Waals surface area contributed by atoms with Crippen LogP contribution < -0.4 is 10.8 Å². The summed E-state index contributed by atoms with van der Waals surface area (Å²) < 4.78 is 16.8. The third-order valence-corrected chi connectivity index (χ3v) is 7.65. The van der Waals surface area contributed by atoms with Gasteiger partial charge in [-0.05, 0) is 29.2 Å². The van der Waals surface area contributed by atoms with Crippen molar-refractivity contribution in [1.29, 1.82) is 0 Å². The summed E-state index contributed by atoms with van der Waals surface area (Å²) in [6.07, 6.45) is 0.289. The van der Waals surface area contributed by atoms with E-state index < -0.39 is 23.3 Å². The summed E-state index contributed by atoms with van der Waals surface area (Å²) in [6.45, 7) is 12.1. The van der Waals surface area contributed by atoms with Crippen LogP contribution in [-0.4, -0.2) is 86.4 Å². The number of ether oxygens (including phenoxy) is 3. The summed E-state index contributed by atoms with van der Waals surface area (Å²) in [5, 5.41) is 14.0. The Morgan fingerprint density at radius 3 is 2.32 bits per heavy atom. The lowest BCUT2D eigenvalue weighted by molar-refractivity contribution is -0.148. The molecule has 3 amide bonds. The molecule has 218 valence electrons. The van der Waals surface area contributed by atoms with Gasteiger partial charge in [0.1, 0.15) is 6.04 Å². The quantitative estimate of drug-likeness (QED) is 0.0754. The summed E-state index contributed by atoms with van der Waals surface area (Å²) in [7, 11) is 1.61. The van der Waals surface area contributed by atoms with Crippen LogP contribution in [0.1, 0.15) is 47.5 Å². The van der Waals surface area contributed by atoms with Gasteiger partial charge in [-0.1, -0.05) is 52.4 Å². The first-order valence-electron chi connectivity index (χ1n) is 12.8. The Morgan fingerprint density at radius 2 is 1.76 bits per heavy atom. The van der Waals surface area contributed by atoms with E-state index in [9.17, 15) is 14.4 Å². The van der Waals surface area contributed by atoms with E-state index >= 15 is 0 Å². The SMILES string of the molecule is COCCOCCOCCNC(=O)[C@@H](N(CSc1cccs1)C(=O)[C@@H](CC(=O)NO)CC(C)C)C(C)(C)C. The van der Waals surface area contributed by atoms with Gasteiger partial charge in [0.15, 0.2) is 0 Å². The Labute approximate surface area is 235 Å². The van der Waals surface area contributed by atoms with Crippen LogP contribution in [0.2, 0.25) is 0 Å². The second-order valence-electron chi connectivity index (χ2n) is 10.4. The number of amides is 3. The molecule has 0 aliphatic rings. The van der Waals surface area contributed by atoms with Gasteiger partial charge in [-0.25, -0.2) is 5.48 Å². The summed E-state index contributed by atoms with van der Waals surface area (Å²) in [5.74, 6) is -1.49. The van der Waals surface area contributed by atoms with E-state index in [1.54, 1.807) is 28.8 Å². The largest absolute Gasteiger partial charge is 0.382 e. The molecule has 0 fully saturated rings. The Balaban J connectivity index is 3.00. The first kappa shape index (κ1) is 34.3. The predicted molar refractivity (Wildman–Crippen MR) is 149 cm³/mol. The molecule has 0 saturated heterocycles. The highest BCUT2D eigenvalue weighted by Gasteiger charge is 2.41. The molecule has 0 aliphatic carbocycles. The van der Waals surface area contributed by atoms with Crippen LogP contribution in [0.4, 0.5) is 0 Å². The molecule has 0 bridgehead atoms. The Morgan fingerprint density at radius 1 is 1.11 bits per heavy atom. The number of carbonyl (C=O) groups is 3. The number of thiophene rings is 1. The number of rotatable bonds is 19. The average molecular weight is 576 g/mol. The van der Waals surface area contributed by atoms with E-state index in [1.807, 2.05) is 52.1 Å². The molecule has 1 rings (SSSR count). The first-order chi connectivity index (χ1) is 18.0. The molecule has 1 aromatic heterocycles. The highest BCUT2D eigenvalue weighted by Crippen LogP contribution is 2.32. The summed E-state index contributed by atoms with van der Waals surface area (Å²) in [6, 6.07) is 3.11. The fourth-order valence-corrected chi connectivity index (χ4v) is 5.66. The van der Waals surface area contributed by atoms with Crippen LogP contribution in [0.3, 0.4) is 0 Å². The monoisotopic (exact) mass is 575 g/mol. The third kappa shape index (κ3) is 13.4. The van der Waals surface area contributed by atoms with E-state index in [4.69, 9.17) is 19.4 Å². The zero-order chi connectivity index (χ0) is 28.6. The lowest BCUT2D eigenvalue weighted by atomic mass is 9.83. The fourth-order valence-electron chi connectivity index (χ4n) is 3.90. The third-order valence-electron chi connectivity index (χ3n) is 5.52. The van der Waals surface area contributed by atoms with Crippen molar-refractivity contribution in [3.8, 4) is 0 Å². The zero-order valence-corrected chi connectivity index (χ0v) is 25.1. The molecule has 0 aromatic carbocycles. The van der Waals surface area contributed by atoms with Gasteiger partial charge in [-0.3, -0.25) is 19.6 Å². The number of hydrogen-bond donors (Lipinski definition) is 3. The van der Waals surface area contributed by atoms with Gasteiger partial charge in [0.2, 0.25) is 17.7 Å². The maximum absolute atomic E-state index is 13.9. The van der Waals surface area contributed by atoms with E-state index in [0.29, 0.717) is 39.5 Å². The summed E-state index contributed by atoms with van der Waals surface area (Å²) in [5.41, 5.74) is 1.05. The van der Waals surface area contributed by atoms with Crippen LogP contribution >= 0.6 is 23.1 Å². The standard InChI is InChI=1S/C26H45N3O7S2/c1-19(2)16-20(17-21(30)28-33)25(32)29(18-38-22-8-7-15-37-22)23(26(3,4)5)24(31)27-9-10-35-13-14-36-12-11-34-6/h7-8,15,19-20,23,33H,9-14,16-18H2,1-6H3,(H,27,31)(H,28,30)/t20-,23-/m1/s1. The molecule has 0 aliphatic heterocycles. The maximum atomic E-state index is 13.9. The van der Waals surface area contributed by atoms with Crippen LogP contribution in [0.15, 0.2) is 21.7 Å². The number of nitrogens with zero attached hydrogens (tertiary/aromatic N) is 1. The van der Waals surface area contributed by atoms with Gasteiger partial charge in [0.05, 0.1) is 43.1 Å². The van der Waals surface area contributed by atoms with Crippen molar-refractivity contribution in [3.63, 3.8) is 0 Å². The highest BCUT2D eigenvalue weighted by atomic mass is 32.2. The minimum Gasteiger partial charge on any atom is -0.382 e. The summed E-state index contributed by atoms with van der Waals surface area (Å²) >= 11 is 3.03. The van der Waals surface area contributed by atoms with E-state index in [1.165, 1.54) is 11.8 Å².